The van der Waals surface area contributed by atoms with Gasteiger partial charge in [-0.3, -0.25) is 4.68 Å². The van der Waals surface area contributed by atoms with Crippen LogP contribution < -0.4 is 10.1 Å². The zero-order chi connectivity index (χ0) is 17.8. The number of carbonyl (C=O) groups is 1. The maximum atomic E-state index is 12.5. The van der Waals surface area contributed by atoms with Crippen molar-refractivity contribution in [2.24, 2.45) is 7.05 Å². The second-order valence-corrected chi connectivity index (χ2v) is 6.62. The van der Waals surface area contributed by atoms with Crippen molar-refractivity contribution in [3.63, 3.8) is 0 Å². The fraction of sp³-hybridized carbons (Fsp3) is 0.474. The van der Waals surface area contributed by atoms with Gasteiger partial charge in [-0.1, -0.05) is 18.2 Å². The van der Waals surface area contributed by atoms with Crippen LogP contribution in [0.4, 0.5) is 4.79 Å². The molecular weight excluding hydrogens is 316 g/mol. The number of nitrogens with zero attached hydrogens (tertiary/aromatic N) is 3. The summed E-state index contributed by atoms with van der Waals surface area (Å²) >= 11 is 0. The van der Waals surface area contributed by atoms with Crippen LogP contribution in [0.2, 0.25) is 0 Å². The highest BCUT2D eigenvalue weighted by molar-refractivity contribution is 5.74. The van der Waals surface area contributed by atoms with Gasteiger partial charge in [-0.2, -0.15) is 5.10 Å². The molecule has 0 spiro atoms. The zero-order valence-electron chi connectivity index (χ0n) is 15.1. The second-order valence-electron chi connectivity index (χ2n) is 6.62. The minimum absolute atomic E-state index is 0.00479. The number of nitrogens with one attached hydrogen (secondary N) is 1. The summed E-state index contributed by atoms with van der Waals surface area (Å²) in [5.41, 5.74) is 2.26. The van der Waals surface area contributed by atoms with Crippen molar-refractivity contribution in [1.82, 2.24) is 20.0 Å². The van der Waals surface area contributed by atoms with E-state index in [1.165, 1.54) is 5.56 Å². The van der Waals surface area contributed by atoms with Crippen LogP contribution in [0.5, 0.6) is 5.75 Å². The smallest absolute Gasteiger partial charge is 0.317 e. The molecule has 2 amide bonds. The largest absolute Gasteiger partial charge is 0.496 e. The Morgan fingerprint density at radius 2 is 2.04 bits per heavy atom. The minimum Gasteiger partial charge on any atom is -0.496 e. The molecule has 1 atom stereocenters. The van der Waals surface area contributed by atoms with Gasteiger partial charge in [0.05, 0.1) is 19.3 Å². The summed E-state index contributed by atoms with van der Waals surface area (Å²) < 4.78 is 7.22. The van der Waals surface area contributed by atoms with E-state index in [1.807, 2.05) is 43.3 Å². The maximum absolute atomic E-state index is 12.5. The van der Waals surface area contributed by atoms with Crippen LogP contribution in [0.15, 0.2) is 36.7 Å². The summed E-state index contributed by atoms with van der Waals surface area (Å²) in [6.07, 6.45) is 5.63. The normalized spacial score (nSPS) is 16.5. The summed E-state index contributed by atoms with van der Waals surface area (Å²) in [5.74, 6) is 1.38. The van der Waals surface area contributed by atoms with Gasteiger partial charge in [0.25, 0.3) is 0 Å². The highest BCUT2D eigenvalue weighted by Gasteiger charge is 2.26. The Bertz CT molecular complexity index is 720. The summed E-state index contributed by atoms with van der Waals surface area (Å²) in [4.78, 5) is 14.4. The lowest BCUT2D eigenvalue weighted by Crippen LogP contribution is -2.44. The van der Waals surface area contributed by atoms with Crippen molar-refractivity contribution in [3.8, 4) is 5.75 Å². The molecule has 0 bridgehead atoms. The number of aromatic nitrogens is 2. The predicted octanol–water partition coefficient (Wildman–Crippen LogP) is 3.08. The Morgan fingerprint density at radius 1 is 1.32 bits per heavy atom. The van der Waals surface area contributed by atoms with Gasteiger partial charge in [0.15, 0.2) is 0 Å². The van der Waals surface area contributed by atoms with Crippen LogP contribution in [-0.2, 0) is 7.05 Å². The molecule has 1 saturated heterocycles. The average molecular weight is 342 g/mol. The lowest BCUT2D eigenvalue weighted by molar-refractivity contribution is 0.178. The van der Waals surface area contributed by atoms with Crippen LogP contribution in [0, 0.1) is 0 Å². The van der Waals surface area contributed by atoms with Crippen LogP contribution >= 0.6 is 0 Å². The van der Waals surface area contributed by atoms with E-state index in [-0.39, 0.29) is 12.1 Å². The quantitative estimate of drug-likeness (QED) is 0.929. The third kappa shape index (κ3) is 3.95. The van der Waals surface area contributed by atoms with Gasteiger partial charge in [-0.15, -0.1) is 0 Å². The van der Waals surface area contributed by atoms with Gasteiger partial charge in [-0.05, 0) is 37.3 Å². The standard InChI is InChI=1S/C19H26N4O2/c1-14(16-12-20-22(2)13-16)21-19(24)23-10-8-15(9-11-23)17-6-4-5-7-18(17)25-3/h4-7,12-15H,8-11H2,1-3H3,(H,21,24). The van der Waals surface area contributed by atoms with Crippen LogP contribution in [-0.4, -0.2) is 40.9 Å². The predicted molar refractivity (Wildman–Crippen MR) is 96.7 cm³/mol. The maximum Gasteiger partial charge on any atom is 0.317 e. The summed E-state index contributed by atoms with van der Waals surface area (Å²) in [6.45, 7) is 3.50. The molecule has 25 heavy (non-hydrogen) atoms. The molecule has 1 aromatic carbocycles. The number of benzene rings is 1. The molecule has 0 aliphatic carbocycles. The SMILES string of the molecule is COc1ccccc1C1CCN(C(=O)NC(C)c2cnn(C)c2)CC1. The fourth-order valence-corrected chi connectivity index (χ4v) is 3.42. The summed E-state index contributed by atoms with van der Waals surface area (Å²) in [6, 6.07) is 8.12. The molecule has 1 N–H and O–H groups in total. The molecule has 0 radical (unpaired) electrons. The molecule has 0 saturated carbocycles. The Labute approximate surface area is 148 Å². The van der Waals surface area contributed by atoms with E-state index in [4.69, 9.17) is 4.74 Å². The van der Waals surface area contributed by atoms with E-state index in [0.717, 1.165) is 37.2 Å². The molecule has 1 fully saturated rings. The number of urea groups is 1. The topological polar surface area (TPSA) is 59.4 Å². The van der Waals surface area contributed by atoms with E-state index in [2.05, 4.69) is 16.5 Å². The Morgan fingerprint density at radius 3 is 2.68 bits per heavy atom. The molecular formula is C19H26N4O2. The summed E-state index contributed by atoms with van der Waals surface area (Å²) in [7, 11) is 3.59. The number of carbonyl (C=O) groups excluding carboxylic acids is 1. The number of piperidine rings is 1. The first-order valence-electron chi connectivity index (χ1n) is 8.75. The number of likely N-dealkylation sites (tertiary alicyclic amines) is 1. The molecule has 2 heterocycles. The Kier molecular flexibility index (Phi) is 5.26. The van der Waals surface area contributed by atoms with E-state index >= 15 is 0 Å². The van der Waals surface area contributed by atoms with Crippen molar-refractivity contribution >= 4 is 6.03 Å². The van der Waals surface area contributed by atoms with Gasteiger partial charge in [0, 0.05) is 31.9 Å². The molecule has 1 aliphatic rings. The number of hydrogen-bond acceptors (Lipinski definition) is 3. The van der Waals surface area contributed by atoms with Gasteiger partial charge >= 0.3 is 6.03 Å². The Balaban J connectivity index is 1.55. The van der Waals surface area contributed by atoms with Crippen molar-refractivity contribution in [3.05, 3.63) is 47.8 Å². The number of hydrogen-bond donors (Lipinski definition) is 1. The molecule has 1 aliphatic heterocycles. The monoisotopic (exact) mass is 342 g/mol. The van der Waals surface area contributed by atoms with Crippen LogP contribution in [0.3, 0.4) is 0 Å². The highest BCUT2D eigenvalue weighted by Crippen LogP contribution is 2.34. The third-order valence-electron chi connectivity index (χ3n) is 4.93. The fourth-order valence-electron chi connectivity index (χ4n) is 3.42. The summed E-state index contributed by atoms with van der Waals surface area (Å²) in [5, 5.41) is 7.22. The van der Waals surface area contributed by atoms with Crippen molar-refractivity contribution < 1.29 is 9.53 Å². The highest BCUT2D eigenvalue weighted by atomic mass is 16.5. The van der Waals surface area contributed by atoms with Gasteiger partial charge in [-0.25, -0.2) is 4.79 Å². The number of ether oxygens (including phenoxy) is 1. The number of rotatable bonds is 4. The van der Waals surface area contributed by atoms with Gasteiger partial charge < -0.3 is 15.0 Å². The second kappa shape index (κ2) is 7.59. The first-order valence-corrected chi connectivity index (χ1v) is 8.75. The van der Waals surface area contributed by atoms with Crippen molar-refractivity contribution in [2.75, 3.05) is 20.2 Å². The molecule has 1 aromatic heterocycles. The zero-order valence-corrected chi connectivity index (χ0v) is 15.1. The third-order valence-corrected chi connectivity index (χ3v) is 4.93. The number of aryl methyl sites for hydroxylation is 1. The van der Waals surface area contributed by atoms with Gasteiger partial charge in [0.2, 0.25) is 0 Å². The number of para-hydroxylation sites is 1. The first-order chi connectivity index (χ1) is 12.1. The van der Waals surface area contributed by atoms with Crippen LogP contribution in [0.1, 0.15) is 42.9 Å². The average Bonchev–Trinajstić information content (AvgIpc) is 3.08. The van der Waals surface area contributed by atoms with E-state index in [0.29, 0.717) is 5.92 Å². The molecule has 134 valence electrons. The molecule has 3 rings (SSSR count). The van der Waals surface area contributed by atoms with E-state index in [1.54, 1.807) is 18.0 Å². The van der Waals surface area contributed by atoms with Crippen LogP contribution in [0.25, 0.3) is 0 Å². The molecule has 2 aromatic rings. The van der Waals surface area contributed by atoms with Gasteiger partial charge in [0.1, 0.15) is 5.75 Å². The molecule has 6 nitrogen and oxygen atoms in total. The van der Waals surface area contributed by atoms with E-state index in [9.17, 15) is 4.79 Å². The minimum atomic E-state index is -0.0480. The number of amides is 2. The van der Waals surface area contributed by atoms with Crippen molar-refractivity contribution in [2.45, 2.75) is 31.7 Å². The first kappa shape index (κ1) is 17.3. The molecule has 6 heteroatoms. The number of methoxy groups -OCH3 is 1. The van der Waals surface area contributed by atoms with E-state index < -0.39 is 0 Å². The lowest BCUT2D eigenvalue weighted by atomic mass is 9.89. The van der Waals surface area contributed by atoms with Crippen molar-refractivity contribution in [1.29, 1.82) is 0 Å². The Hall–Kier alpha value is -2.50. The molecule has 1 unspecified atom stereocenters. The lowest BCUT2D eigenvalue weighted by Gasteiger charge is -2.33.